The van der Waals surface area contributed by atoms with Crippen LogP contribution >= 0.6 is 11.3 Å². The standard InChI is InChI=1S/C12H19NO5S2/c1-4-18-12(14)11-9(2)8-10(19-11)13-20(15,16)7-5-6-17-3/h8,13H,4-7H2,1-3H3. The fourth-order valence-electron chi connectivity index (χ4n) is 1.53. The van der Waals surface area contributed by atoms with Crippen LogP contribution in [0.1, 0.15) is 28.6 Å². The molecule has 0 bridgehead atoms. The van der Waals surface area contributed by atoms with Crippen LogP contribution in [-0.4, -0.2) is 40.5 Å². The van der Waals surface area contributed by atoms with Crippen molar-refractivity contribution in [1.29, 1.82) is 0 Å². The Labute approximate surface area is 123 Å². The molecule has 0 aliphatic carbocycles. The number of aryl methyl sites for hydroxylation is 1. The third-order valence-electron chi connectivity index (χ3n) is 2.40. The van der Waals surface area contributed by atoms with Gasteiger partial charge in [-0.05, 0) is 31.9 Å². The van der Waals surface area contributed by atoms with Crippen LogP contribution in [0.5, 0.6) is 0 Å². The highest BCUT2D eigenvalue weighted by Gasteiger charge is 2.17. The molecule has 8 heteroatoms. The van der Waals surface area contributed by atoms with E-state index in [0.29, 0.717) is 28.5 Å². The summed E-state index contributed by atoms with van der Waals surface area (Å²) in [6.45, 7) is 4.14. The first kappa shape index (κ1) is 16.9. The zero-order valence-corrected chi connectivity index (χ0v) is 13.4. The summed E-state index contributed by atoms with van der Waals surface area (Å²) in [5.41, 5.74) is 0.697. The predicted molar refractivity (Wildman–Crippen MR) is 78.9 cm³/mol. The summed E-state index contributed by atoms with van der Waals surface area (Å²) in [7, 11) is -1.90. The highest BCUT2D eigenvalue weighted by Crippen LogP contribution is 2.28. The largest absolute Gasteiger partial charge is 0.462 e. The van der Waals surface area contributed by atoms with Crippen LogP contribution in [0.25, 0.3) is 0 Å². The highest BCUT2D eigenvalue weighted by atomic mass is 32.2. The summed E-state index contributed by atoms with van der Waals surface area (Å²) >= 11 is 1.08. The molecule has 1 rings (SSSR count). The number of nitrogens with one attached hydrogen (secondary N) is 1. The summed E-state index contributed by atoms with van der Waals surface area (Å²) in [5, 5.41) is 0.419. The Morgan fingerprint density at radius 1 is 1.45 bits per heavy atom. The van der Waals surface area contributed by atoms with Gasteiger partial charge in [0.15, 0.2) is 0 Å². The van der Waals surface area contributed by atoms with Crippen LogP contribution in [0, 0.1) is 6.92 Å². The molecule has 0 atom stereocenters. The molecule has 0 saturated heterocycles. The molecule has 0 aliphatic rings. The van der Waals surface area contributed by atoms with E-state index < -0.39 is 16.0 Å². The molecular formula is C12H19NO5S2. The van der Waals surface area contributed by atoms with Gasteiger partial charge in [0.1, 0.15) is 9.88 Å². The molecule has 0 spiro atoms. The van der Waals surface area contributed by atoms with Gasteiger partial charge in [0.05, 0.1) is 12.4 Å². The lowest BCUT2D eigenvalue weighted by Gasteiger charge is -2.05. The van der Waals surface area contributed by atoms with Crippen molar-refractivity contribution >= 4 is 32.3 Å². The van der Waals surface area contributed by atoms with E-state index >= 15 is 0 Å². The Balaban J connectivity index is 2.74. The molecule has 0 amide bonds. The molecule has 0 aliphatic heterocycles. The summed E-state index contributed by atoms with van der Waals surface area (Å²) in [6.07, 6.45) is 0.418. The first-order valence-electron chi connectivity index (χ1n) is 6.16. The fraction of sp³-hybridized carbons (Fsp3) is 0.583. The van der Waals surface area contributed by atoms with Crippen molar-refractivity contribution in [3.05, 3.63) is 16.5 Å². The van der Waals surface area contributed by atoms with Crippen LogP contribution < -0.4 is 4.72 Å². The molecule has 0 radical (unpaired) electrons. The van der Waals surface area contributed by atoms with Gasteiger partial charge in [-0.3, -0.25) is 4.72 Å². The third kappa shape index (κ3) is 5.10. The van der Waals surface area contributed by atoms with Crippen molar-refractivity contribution in [2.75, 3.05) is 30.8 Å². The number of thiophene rings is 1. The SMILES string of the molecule is CCOC(=O)c1sc(NS(=O)(=O)CCCOC)cc1C. The van der Waals surface area contributed by atoms with Gasteiger partial charge in [0, 0.05) is 13.7 Å². The molecule has 0 saturated carbocycles. The number of hydrogen-bond donors (Lipinski definition) is 1. The van der Waals surface area contributed by atoms with Gasteiger partial charge in [0.2, 0.25) is 10.0 Å². The summed E-state index contributed by atoms with van der Waals surface area (Å²) in [6, 6.07) is 1.63. The lowest BCUT2D eigenvalue weighted by molar-refractivity contribution is 0.0531. The van der Waals surface area contributed by atoms with Crippen LogP contribution in [-0.2, 0) is 19.5 Å². The first-order chi connectivity index (χ1) is 9.39. The normalized spacial score (nSPS) is 11.3. The van der Waals surface area contributed by atoms with Gasteiger partial charge >= 0.3 is 5.97 Å². The topological polar surface area (TPSA) is 81.7 Å². The molecule has 0 unspecified atom stereocenters. The second-order valence-electron chi connectivity index (χ2n) is 4.11. The number of carbonyl (C=O) groups is 1. The average molecular weight is 321 g/mol. The number of ether oxygens (including phenoxy) is 2. The smallest absolute Gasteiger partial charge is 0.348 e. The molecule has 1 N–H and O–H groups in total. The summed E-state index contributed by atoms with van der Waals surface area (Å²) < 4.78 is 35.8. The van der Waals surface area contributed by atoms with Crippen molar-refractivity contribution < 1.29 is 22.7 Å². The number of rotatable bonds is 8. The molecule has 6 nitrogen and oxygen atoms in total. The Kier molecular flexibility index (Phi) is 6.44. The van der Waals surface area contributed by atoms with Crippen molar-refractivity contribution in [1.82, 2.24) is 0 Å². The zero-order valence-electron chi connectivity index (χ0n) is 11.8. The lowest BCUT2D eigenvalue weighted by atomic mass is 10.3. The minimum atomic E-state index is -3.42. The maximum absolute atomic E-state index is 11.8. The summed E-state index contributed by atoms with van der Waals surface area (Å²) in [5.74, 6) is -0.452. The quantitative estimate of drug-likeness (QED) is 0.585. The Morgan fingerprint density at radius 2 is 2.15 bits per heavy atom. The van der Waals surface area contributed by atoms with E-state index in [9.17, 15) is 13.2 Å². The molecule has 0 fully saturated rings. The second-order valence-corrected chi connectivity index (χ2v) is 7.00. The van der Waals surface area contributed by atoms with Crippen LogP contribution in [0.4, 0.5) is 5.00 Å². The molecule has 1 aromatic heterocycles. The maximum atomic E-state index is 11.8. The minimum absolute atomic E-state index is 0.0213. The molecular weight excluding hydrogens is 302 g/mol. The Hall–Kier alpha value is -1.12. The van der Waals surface area contributed by atoms with E-state index in [1.165, 1.54) is 7.11 Å². The van der Waals surface area contributed by atoms with Crippen molar-refractivity contribution in [3.8, 4) is 0 Å². The van der Waals surface area contributed by atoms with Crippen molar-refractivity contribution in [2.24, 2.45) is 0 Å². The van der Waals surface area contributed by atoms with Gasteiger partial charge < -0.3 is 9.47 Å². The van der Waals surface area contributed by atoms with Crippen LogP contribution in [0.3, 0.4) is 0 Å². The van der Waals surface area contributed by atoms with Gasteiger partial charge in [0.25, 0.3) is 0 Å². The number of esters is 1. The van der Waals surface area contributed by atoms with E-state index in [-0.39, 0.29) is 12.4 Å². The first-order valence-corrected chi connectivity index (χ1v) is 8.63. The van der Waals surface area contributed by atoms with Gasteiger partial charge in [-0.15, -0.1) is 11.3 Å². The number of hydrogen-bond acceptors (Lipinski definition) is 6. The molecule has 20 heavy (non-hydrogen) atoms. The second kappa shape index (κ2) is 7.61. The molecule has 114 valence electrons. The lowest BCUT2D eigenvalue weighted by Crippen LogP contribution is -2.17. The fourth-order valence-corrected chi connectivity index (χ4v) is 3.86. The van der Waals surface area contributed by atoms with E-state index in [0.717, 1.165) is 11.3 Å². The predicted octanol–water partition coefficient (Wildman–Crippen LogP) is 2.01. The van der Waals surface area contributed by atoms with E-state index in [1.54, 1.807) is 19.9 Å². The van der Waals surface area contributed by atoms with Crippen LogP contribution in [0.15, 0.2) is 6.07 Å². The van der Waals surface area contributed by atoms with Crippen molar-refractivity contribution in [3.63, 3.8) is 0 Å². The van der Waals surface area contributed by atoms with E-state index in [2.05, 4.69) is 4.72 Å². The number of sulfonamides is 1. The molecule has 1 aromatic rings. The number of anilines is 1. The van der Waals surface area contributed by atoms with Crippen molar-refractivity contribution in [2.45, 2.75) is 20.3 Å². The number of carbonyl (C=O) groups excluding carboxylic acids is 1. The van der Waals surface area contributed by atoms with Gasteiger partial charge in [-0.1, -0.05) is 0 Å². The molecule has 1 heterocycles. The third-order valence-corrected chi connectivity index (χ3v) is 5.02. The maximum Gasteiger partial charge on any atom is 0.348 e. The van der Waals surface area contributed by atoms with E-state index in [4.69, 9.17) is 9.47 Å². The highest BCUT2D eigenvalue weighted by molar-refractivity contribution is 7.92. The monoisotopic (exact) mass is 321 g/mol. The number of methoxy groups -OCH3 is 1. The Morgan fingerprint density at radius 3 is 2.75 bits per heavy atom. The van der Waals surface area contributed by atoms with E-state index in [1.807, 2.05) is 0 Å². The van der Waals surface area contributed by atoms with Gasteiger partial charge in [-0.25, -0.2) is 13.2 Å². The van der Waals surface area contributed by atoms with Gasteiger partial charge in [-0.2, -0.15) is 0 Å². The Bertz CT molecular complexity index is 550. The zero-order chi connectivity index (χ0) is 15.2. The minimum Gasteiger partial charge on any atom is -0.462 e. The van der Waals surface area contributed by atoms with Crippen LogP contribution in [0.2, 0.25) is 0 Å². The molecule has 0 aromatic carbocycles. The average Bonchev–Trinajstić information content (AvgIpc) is 2.69. The summed E-state index contributed by atoms with van der Waals surface area (Å²) in [4.78, 5) is 12.1.